The van der Waals surface area contributed by atoms with Gasteiger partial charge in [0.05, 0.1) is 11.3 Å². The van der Waals surface area contributed by atoms with E-state index in [2.05, 4.69) is 11.4 Å². The fourth-order valence-electron chi connectivity index (χ4n) is 0.948. The van der Waals surface area contributed by atoms with Crippen molar-refractivity contribution in [3.63, 3.8) is 0 Å². The molecule has 13 heavy (non-hydrogen) atoms. The van der Waals surface area contributed by atoms with E-state index in [9.17, 15) is 0 Å². The van der Waals surface area contributed by atoms with Crippen molar-refractivity contribution in [3.8, 4) is 6.07 Å². The number of para-hydroxylation sites is 1. The topological polar surface area (TPSA) is 35.8 Å². The van der Waals surface area contributed by atoms with Crippen LogP contribution in [-0.2, 0) is 0 Å². The molecule has 0 fully saturated rings. The molecule has 1 rings (SSSR count). The van der Waals surface area contributed by atoms with Gasteiger partial charge in [-0.2, -0.15) is 5.26 Å². The molecule has 0 aliphatic carbocycles. The van der Waals surface area contributed by atoms with E-state index in [4.69, 9.17) is 16.9 Å². The maximum atomic E-state index is 8.74. The Kier molecular flexibility index (Phi) is 3.87. The fourth-order valence-corrected chi connectivity index (χ4v) is 1.04. The van der Waals surface area contributed by atoms with E-state index >= 15 is 0 Å². The highest BCUT2D eigenvalue weighted by atomic mass is 35.5. The van der Waals surface area contributed by atoms with Gasteiger partial charge in [-0.15, -0.1) is 0 Å². The average Bonchev–Trinajstić information content (AvgIpc) is 2.19. The number of anilines is 1. The van der Waals surface area contributed by atoms with Gasteiger partial charge in [-0.25, -0.2) is 0 Å². The van der Waals surface area contributed by atoms with Crippen LogP contribution >= 0.6 is 11.6 Å². The van der Waals surface area contributed by atoms with E-state index < -0.39 is 0 Å². The van der Waals surface area contributed by atoms with Gasteiger partial charge in [0.1, 0.15) is 6.07 Å². The standard InChI is InChI=1S/C10H9ClN2/c11-6-3-7-13-10-5-2-1-4-9(10)8-12/h1-6,13H,7H2/b6-3+. The SMILES string of the molecule is N#Cc1ccccc1NC/C=C/Cl. The van der Waals surface area contributed by atoms with Gasteiger partial charge in [0.25, 0.3) is 0 Å². The van der Waals surface area contributed by atoms with Crippen LogP contribution in [0.2, 0.25) is 0 Å². The number of hydrogen-bond acceptors (Lipinski definition) is 2. The minimum atomic E-state index is 0.627. The Morgan fingerprint density at radius 1 is 1.46 bits per heavy atom. The first-order valence-electron chi connectivity index (χ1n) is 3.86. The summed E-state index contributed by atoms with van der Waals surface area (Å²) in [5.74, 6) is 0. The molecular weight excluding hydrogens is 184 g/mol. The molecule has 0 atom stereocenters. The lowest BCUT2D eigenvalue weighted by Gasteiger charge is -2.03. The van der Waals surface area contributed by atoms with Crippen molar-refractivity contribution in [3.05, 3.63) is 41.4 Å². The molecule has 0 aliphatic rings. The van der Waals surface area contributed by atoms with Crippen LogP contribution in [0.25, 0.3) is 0 Å². The monoisotopic (exact) mass is 192 g/mol. The van der Waals surface area contributed by atoms with E-state index in [0.717, 1.165) is 5.69 Å². The van der Waals surface area contributed by atoms with Crippen LogP contribution in [0, 0.1) is 11.3 Å². The lowest BCUT2D eigenvalue weighted by Crippen LogP contribution is -1.99. The van der Waals surface area contributed by atoms with Crippen LogP contribution in [0.4, 0.5) is 5.69 Å². The Morgan fingerprint density at radius 2 is 2.23 bits per heavy atom. The molecule has 3 heteroatoms. The van der Waals surface area contributed by atoms with Crippen molar-refractivity contribution in [2.24, 2.45) is 0 Å². The second-order valence-electron chi connectivity index (χ2n) is 2.40. The maximum absolute atomic E-state index is 8.74. The van der Waals surface area contributed by atoms with Crippen LogP contribution in [0.15, 0.2) is 35.9 Å². The number of benzene rings is 1. The van der Waals surface area contributed by atoms with Crippen LogP contribution < -0.4 is 5.32 Å². The molecule has 2 nitrogen and oxygen atoms in total. The third kappa shape index (κ3) is 2.81. The molecule has 0 saturated heterocycles. The Bertz CT molecular complexity index is 339. The highest BCUT2D eigenvalue weighted by molar-refractivity contribution is 6.25. The van der Waals surface area contributed by atoms with Gasteiger partial charge in [0.2, 0.25) is 0 Å². The van der Waals surface area contributed by atoms with Crippen molar-refractivity contribution in [2.75, 3.05) is 11.9 Å². The third-order valence-electron chi connectivity index (χ3n) is 1.55. The van der Waals surface area contributed by atoms with E-state index in [1.54, 1.807) is 12.1 Å². The van der Waals surface area contributed by atoms with Crippen molar-refractivity contribution in [1.82, 2.24) is 0 Å². The molecule has 0 heterocycles. The summed E-state index contributed by atoms with van der Waals surface area (Å²) in [4.78, 5) is 0. The summed E-state index contributed by atoms with van der Waals surface area (Å²) >= 11 is 5.36. The van der Waals surface area contributed by atoms with Crippen molar-refractivity contribution in [2.45, 2.75) is 0 Å². The predicted molar refractivity (Wildman–Crippen MR) is 54.6 cm³/mol. The van der Waals surface area contributed by atoms with E-state index in [1.807, 2.05) is 18.2 Å². The van der Waals surface area contributed by atoms with Crippen molar-refractivity contribution in [1.29, 1.82) is 5.26 Å². The van der Waals surface area contributed by atoms with Crippen molar-refractivity contribution < 1.29 is 0 Å². The van der Waals surface area contributed by atoms with E-state index in [1.165, 1.54) is 5.54 Å². The third-order valence-corrected chi connectivity index (χ3v) is 1.73. The molecule has 0 spiro atoms. The molecule has 0 radical (unpaired) electrons. The number of halogens is 1. The Morgan fingerprint density at radius 3 is 2.92 bits per heavy atom. The molecule has 66 valence electrons. The van der Waals surface area contributed by atoms with E-state index in [0.29, 0.717) is 12.1 Å². The number of nitrogens with one attached hydrogen (secondary N) is 1. The normalized spacial score (nSPS) is 9.85. The maximum Gasteiger partial charge on any atom is 0.101 e. The van der Waals surface area contributed by atoms with Gasteiger partial charge >= 0.3 is 0 Å². The first kappa shape index (κ1) is 9.63. The molecule has 0 unspecified atom stereocenters. The quantitative estimate of drug-likeness (QED) is 0.800. The van der Waals surface area contributed by atoms with Gasteiger partial charge in [0.15, 0.2) is 0 Å². The summed E-state index contributed by atoms with van der Waals surface area (Å²) in [5.41, 5.74) is 2.92. The van der Waals surface area contributed by atoms with Gasteiger partial charge in [0, 0.05) is 12.1 Å². The number of hydrogen-bond donors (Lipinski definition) is 1. The summed E-state index contributed by atoms with van der Waals surface area (Å²) in [6, 6.07) is 9.45. The van der Waals surface area contributed by atoms with Crippen LogP contribution in [0.3, 0.4) is 0 Å². The van der Waals surface area contributed by atoms with Gasteiger partial charge in [-0.1, -0.05) is 29.8 Å². The first-order chi connectivity index (χ1) is 6.38. The minimum Gasteiger partial charge on any atom is -0.380 e. The average molecular weight is 193 g/mol. The zero-order valence-electron chi connectivity index (χ0n) is 7.00. The number of nitrogens with zero attached hydrogens (tertiary/aromatic N) is 1. The molecule has 1 aromatic carbocycles. The second kappa shape index (κ2) is 5.23. The zero-order valence-corrected chi connectivity index (χ0v) is 7.75. The zero-order chi connectivity index (χ0) is 9.52. The van der Waals surface area contributed by atoms with Crippen molar-refractivity contribution >= 4 is 17.3 Å². The molecule has 0 bridgehead atoms. The van der Waals surface area contributed by atoms with Gasteiger partial charge in [-0.3, -0.25) is 0 Å². The molecule has 0 amide bonds. The van der Waals surface area contributed by atoms with Crippen LogP contribution in [0.1, 0.15) is 5.56 Å². The molecule has 0 saturated carbocycles. The summed E-state index contributed by atoms with van der Waals surface area (Å²) in [5, 5.41) is 11.8. The second-order valence-corrected chi connectivity index (χ2v) is 2.65. The first-order valence-corrected chi connectivity index (χ1v) is 4.30. The lowest BCUT2D eigenvalue weighted by atomic mass is 10.2. The Hall–Kier alpha value is -1.46. The summed E-state index contributed by atoms with van der Waals surface area (Å²) in [6.45, 7) is 0.627. The van der Waals surface area contributed by atoms with Crippen LogP contribution in [0.5, 0.6) is 0 Å². The summed E-state index contributed by atoms with van der Waals surface area (Å²) in [6.07, 6.45) is 1.77. The Labute approximate surface area is 82.4 Å². The minimum absolute atomic E-state index is 0.627. The largest absolute Gasteiger partial charge is 0.380 e. The van der Waals surface area contributed by atoms with E-state index in [-0.39, 0.29) is 0 Å². The Balaban J connectivity index is 2.71. The predicted octanol–water partition coefficient (Wildman–Crippen LogP) is 2.72. The highest BCUT2D eigenvalue weighted by Crippen LogP contribution is 2.12. The smallest absolute Gasteiger partial charge is 0.101 e. The fraction of sp³-hybridized carbons (Fsp3) is 0.100. The molecule has 0 aliphatic heterocycles. The van der Waals surface area contributed by atoms with Crippen LogP contribution in [-0.4, -0.2) is 6.54 Å². The molecule has 1 N–H and O–H groups in total. The molecule has 1 aromatic rings. The van der Waals surface area contributed by atoms with Gasteiger partial charge < -0.3 is 5.32 Å². The lowest BCUT2D eigenvalue weighted by molar-refractivity contribution is 1.32. The highest BCUT2D eigenvalue weighted by Gasteiger charge is 1.96. The number of nitriles is 1. The summed E-state index contributed by atoms with van der Waals surface area (Å²) < 4.78 is 0. The van der Waals surface area contributed by atoms with Gasteiger partial charge in [-0.05, 0) is 12.1 Å². The molecular formula is C10H9ClN2. The number of rotatable bonds is 3. The summed E-state index contributed by atoms with van der Waals surface area (Å²) in [7, 11) is 0. The molecule has 0 aromatic heterocycles.